The Kier molecular flexibility index (Phi) is 4.78. The standard InChI is InChI=1S/C8H12F2N2O2S2/c1-11-4-6-7(2-3-15-6)16(13,14)12-5-8(9)10/h2-3,8,11-12H,4-5H2,1H3. The Bertz CT molecular complexity index is 431. The first kappa shape index (κ1) is 13.5. The number of nitrogens with one attached hydrogen (secondary N) is 2. The van der Waals surface area contributed by atoms with E-state index >= 15 is 0 Å². The highest BCUT2D eigenvalue weighted by atomic mass is 32.2. The maximum absolute atomic E-state index is 11.9. The van der Waals surface area contributed by atoms with Gasteiger partial charge in [0.25, 0.3) is 6.43 Å². The van der Waals surface area contributed by atoms with E-state index in [0.717, 1.165) is 0 Å². The Morgan fingerprint density at radius 2 is 2.19 bits per heavy atom. The van der Waals surface area contributed by atoms with Crippen molar-refractivity contribution in [3.63, 3.8) is 0 Å². The van der Waals surface area contributed by atoms with Crippen LogP contribution < -0.4 is 10.0 Å². The molecule has 1 aromatic heterocycles. The molecule has 1 aromatic rings. The van der Waals surface area contributed by atoms with E-state index in [4.69, 9.17) is 0 Å². The monoisotopic (exact) mass is 270 g/mol. The average Bonchev–Trinajstić information content (AvgIpc) is 2.64. The van der Waals surface area contributed by atoms with Crippen LogP contribution in [0.2, 0.25) is 0 Å². The lowest BCUT2D eigenvalue weighted by molar-refractivity contribution is 0.153. The van der Waals surface area contributed by atoms with Crippen molar-refractivity contribution in [2.75, 3.05) is 13.6 Å². The molecule has 0 saturated heterocycles. The summed E-state index contributed by atoms with van der Waals surface area (Å²) in [5.41, 5.74) is 0. The van der Waals surface area contributed by atoms with Crippen LogP contribution in [0.5, 0.6) is 0 Å². The summed E-state index contributed by atoms with van der Waals surface area (Å²) in [7, 11) is -2.14. The summed E-state index contributed by atoms with van der Waals surface area (Å²) in [4.78, 5) is 0.664. The van der Waals surface area contributed by atoms with Gasteiger partial charge >= 0.3 is 0 Å². The van der Waals surface area contributed by atoms with E-state index in [2.05, 4.69) is 5.32 Å². The largest absolute Gasteiger partial charge is 0.315 e. The van der Waals surface area contributed by atoms with Gasteiger partial charge in [-0.05, 0) is 18.5 Å². The van der Waals surface area contributed by atoms with E-state index in [1.807, 2.05) is 4.72 Å². The zero-order chi connectivity index (χ0) is 12.2. The summed E-state index contributed by atoms with van der Waals surface area (Å²) < 4.78 is 49.0. The molecule has 0 spiro atoms. The molecule has 0 fully saturated rings. The molecule has 16 heavy (non-hydrogen) atoms. The van der Waals surface area contributed by atoms with Crippen molar-refractivity contribution in [1.82, 2.24) is 10.0 Å². The zero-order valence-electron chi connectivity index (χ0n) is 8.54. The van der Waals surface area contributed by atoms with Gasteiger partial charge in [0, 0.05) is 11.4 Å². The van der Waals surface area contributed by atoms with Crippen LogP contribution in [0.1, 0.15) is 4.88 Å². The quantitative estimate of drug-likeness (QED) is 0.811. The van der Waals surface area contributed by atoms with Gasteiger partial charge in [0.1, 0.15) is 0 Å². The lowest BCUT2D eigenvalue weighted by Crippen LogP contribution is -2.29. The molecule has 92 valence electrons. The van der Waals surface area contributed by atoms with Gasteiger partial charge in [0.2, 0.25) is 10.0 Å². The first-order chi connectivity index (χ1) is 7.47. The van der Waals surface area contributed by atoms with E-state index in [9.17, 15) is 17.2 Å². The minimum atomic E-state index is -3.82. The van der Waals surface area contributed by atoms with Gasteiger partial charge in [-0.1, -0.05) is 0 Å². The Morgan fingerprint density at radius 1 is 1.50 bits per heavy atom. The molecule has 1 rings (SSSR count). The second kappa shape index (κ2) is 5.67. The van der Waals surface area contributed by atoms with Crippen LogP contribution in [0.4, 0.5) is 8.78 Å². The third-order valence-electron chi connectivity index (χ3n) is 1.76. The van der Waals surface area contributed by atoms with E-state index in [1.165, 1.54) is 17.4 Å². The average molecular weight is 270 g/mol. The molecule has 2 N–H and O–H groups in total. The molecule has 0 unspecified atom stereocenters. The van der Waals surface area contributed by atoms with Crippen LogP contribution in [0.25, 0.3) is 0 Å². The van der Waals surface area contributed by atoms with Gasteiger partial charge in [0.15, 0.2) is 0 Å². The molecule has 1 heterocycles. The van der Waals surface area contributed by atoms with Crippen molar-refractivity contribution >= 4 is 21.4 Å². The molecular weight excluding hydrogens is 258 g/mol. The second-order valence-corrected chi connectivity index (χ2v) is 5.72. The third kappa shape index (κ3) is 3.48. The summed E-state index contributed by atoms with van der Waals surface area (Å²) in [5, 5.41) is 4.43. The van der Waals surface area contributed by atoms with Crippen LogP contribution in [0.3, 0.4) is 0 Å². The van der Waals surface area contributed by atoms with E-state index in [-0.39, 0.29) is 4.90 Å². The number of hydrogen-bond acceptors (Lipinski definition) is 4. The highest BCUT2D eigenvalue weighted by Crippen LogP contribution is 2.21. The van der Waals surface area contributed by atoms with Gasteiger partial charge in [0.05, 0.1) is 11.4 Å². The Labute approximate surface area is 96.7 Å². The van der Waals surface area contributed by atoms with Crippen LogP contribution in [0.15, 0.2) is 16.3 Å². The van der Waals surface area contributed by atoms with Crippen molar-refractivity contribution in [2.45, 2.75) is 17.9 Å². The van der Waals surface area contributed by atoms with E-state index in [1.54, 1.807) is 12.4 Å². The van der Waals surface area contributed by atoms with Gasteiger partial charge in [-0.25, -0.2) is 21.9 Å². The van der Waals surface area contributed by atoms with Crippen LogP contribution >= 0.6 is 11.3 Å². The van der Waals surface area contributed by atoms with Gasteiger partial charge < -0.3 is 5.32 Å². The van der Waals surface area contributed by atoms with Gasteiger partial charge in [-0.2, -0.15) is 0 Å². The summed E-state index contributed by atoms with van der Waals surface area (Å²) in [6.45, 7) is -0.472. The van der Waals surface area contributed by atoms with Crippen LogP contribution in [0, 0.1) is 0 Å². The van der Waals surface area contributed by atoms with E-state index < -0.39 is 23.0 Å². The molecule has 0 atom stereocenters. The lowest BCUT2D eigenvalue weighted by atomic mass is 10.5. The number of thiophene rings is 1. The molecule has 4 nitrogen and oxygen atoms in total. The second-order valence-electron chi connectivity index (χ2n) is 2.98. The number of sulfonamides is 1. The van der Waals surface area contributed by atoms with Crippen molar-refractivity contribution in [1.29, 1.82) is 0 Å². The first-order valence-electron chi connectivity index (χ1n) is 4.46. The minimum Gasteiger partial charge on any atom is -0.315 e. The molecule has 0 aliphatic carbocycles. The molecular formula is C8H12F2N2O2S2. The summed E-state index contributed by atoms with van der Waals surface area (Å²) in [6.07, 6.45) is -2.69. The molecule has 0 aliphatic heterocycles. The first-order valence-corrected chi connectivity index (χ1v) is 6.82. The molecule has 8 heteroatoms. The fourth-order valence-electron chi connectivity index (χ4n) is 1.11. The van der Waals surface area contributed by atoms with E-state index in [0.29, 0.717) is 11.4 Å². The Hall–Kier alpha value is -0.570. The normalized spacial score (nSPS) is 12.2. The number of hydrogen-bond donors (Lipinski definition) is 2. The van der Waals surface area contributed by atoms with Crippen LogP contribution in [-0.2, 0) is 16.6 Å². The Morgan fingerprint density at radius 3 is 2.75 bits per heavy atom. The maximum Gasteiger partial charge on any atom is 0.251 e. The molecule has 0 bridgehead atoms. The molecule has 0 aliphatic rings. The maximum atomic E-state index is 11.9. The highest BCUT2D eigenvalue weighted by molar-refractivity contribution is 7.89. The predicted molar refractivity (Wildman–Crippen MR) is 58.3 cm³/mol. The van der Waals surface area contributed by atoms with Crippen molar-refractivity contribution in [2.24, 2.45) is 0 Å². The predicted octanol–water partition coefficient (Wildman–Crippen LogP) is 1.01. The zero-order valence-corrected chi connectivity index (χ0v) is 10.2. The summed E-state index contributed by atoms with van der Waals surface area (Å²) in [6, 6.07) is 1.41. The number of halogens is 2. The fourth-order valence-corrected chi connectivity index (χ4v) is 3.57. The molecule has 0 saturated carbocycles. The van der Waals surface area contributed by atoms with Crippen LogP contribution in [-0.4, -0.2) is 28.4 Å². The lowest BCUT2D eigenvalue weighted by Gasteiger charge is -2.06. The smallest absolute Gasteiger partial charge is 0.251 e. The van der Waals surface area contributed by atoms with Crippen molar-refractivity contribution in [3.05, 3.63) is 16.3 Å². The third-order valence-corrected chi connectivity index (χ3v) is 4.32. The van der Waals surface area contributed by atoms with Gasteiger partial charge in [-0.3, -0.25) is 0 Å². The topological polar surface area (TPSA) is 58.2 Å². The molecule has 0 aromatic carbocycles. The summed E-state index contributed by atoms with van der Waals surface area (Å²) in [5.74, 6) is 0. The van der Waals surface area contributed by atoms with Crippen molar-refractivity contribution < 1.29 is 17.2 Å². The Balaban J connectivity index is 2.85. The summed E-state index contributed by atoms with van der Waals surface area (Å²) >= 11 is 1.27. The number of alkyl halides is 2. The SMILES string of the molecule is CNCc1sccc1S(=O)(=O)NCC(F)F. The van der Waals surface area contributed by atoms with Crippen molar-refractivity contribution in [3.8, 4) is 0 Å². The van der Waals surface area contributed by atoms with Gasteiger partial charge in [-0.15, -0.1) is 11.3 Å². The minimum absolute atomic E-state index is 0.0625. The fraction of sp³-hybridized carbons (Fsp3) is 0.500. The highest BCUT2D eigenvalue weighted by Gasteiger charge is 2.20. The molecule has 0 amide bonds. The number of rotatable bonds is 6. The molecule has 0 radical (unpaired) electrons.